The van der Waals surface area contributed by atoms with Crippen LogP contribution in [0, 0.1) is 0 Å². The van der Waals surface area contributed by atoms with Gasteiger partial charge >= 0.3 is 0 Å². The van der Waals surface area contributed by atoms with Crippen molar-refractivity contribution in [1.29, 1.82) is 0 Å². The van der Waals surface area contributed by atoms with Gasteiger partial charge in [-0.05, 0) is 24.7 Å². The third-order valence-corrected chi connectivity index (χ3v) is 2.42. The lowest BCUT2D eigenvalue weighted by molar-refractivity contribution is 0.0356. The Balaban J connectivity index is 1.97. The van der Waals surface area contributed by atoms with Crippen molar-refractivity contribution in [2.75, 3.05) is 39.5 Å². The van der Waals surface area contributed by atoms with E-state index in [4.69, 9.17) is 21.7 Å². The molecule has 1 saturated heterocycles. The maximum atomic E-state index is 5.25. The Kier molecular flexibility index (Phi) is 5.75. The summed E-state index contributed by atoms with van der Waals surface area (Å²) in [5.41, 5.74) is 0. The number of ether oxygens (including phenoxy) is 2. The van der Waals surface area contributed by atoms with Crippen molar-refractivity contribution in [2.45, 2.75) is 6.42 Å². The van der Waals surface area contributed by atoms with Crippen LogP contribution in [0.25, 0.3) is 0 Å². The molecular formula is C10H17NO2S. The molecule has 80 valence electrons. The minimum atomic E-state index is 0.493. The Morgan fingerprint density at radius 2 is 2.21 bits per heavy atom. The van der Waals surface area contributed by atoms with Crippen LogP contribution in [-0.2, 0) is 9.47 Å². The van der Waals surface area contributed by atoms with E-state index in [1.807, 2.05) is 0 Å². The zero-order valence-electron chi connectivity index (χ0n) is 8.41. The molecule has 1 heterocycles. The van der Waals surface area contributed by atoms with Crippen molar-refractivity contribution in [3.8, 4) is 0 Å². The normalized spacial score (nSPS) is 17.7. The molecule has 0 saturated carbocycles. The third-order valence-electron chi connectivity index (χ3n) is 2.13. The lowest BCUT2D eigenvalue weighted by atomic mass is 10.3. The third kappa shape index (κ3) is 4.69. The quantitative estimate of drug-likeness (QED) is 0.391. The highest BCUT2D eigenvalue weighted by molar-refractivity contribution is 7.80. The second-order valence-electron chi connectivity index (χ2n) is 3.18. The van der Waals surface area contributed by atoms with Gasteiger partial charge in [0.15, 0.2) is 5.05 Å². The van der Waals surface area contributed by atoms with Crippen LogP contribution in [0.1, 0.15) is 6.42 Å². The maximum absolute atomic E-state index is 5.25. The van der Waals surface area contributed by atoms with E-state index in [0.29, 0.717) is 11.7 Å². The zero-order chi connectivity index (χ0) is 10.2. The second kappa shape index (κ2) is 6.92. The van der Waals surface area contributed by atoms with Gasteiger partial charge in [0.2, 0.25) is 0 Å². The Labute approximate surface area is 90.7 Å². The Hall–Kier alpha value is -0.450. The minimum Gasteiger partial charge on any atom is -0.483 e. The summed E-state index contributed by atoms with van der Waals surface area (Å²) in [5, 5.41) is 0.493. The highest BCUT2D eigenvalue weighted by atomic mass is 32.1. The van der Waals surface area contributed by atoms with Gasteiger partial charge in [-0.2, -0.15) is 0 Å². The molecule has 1 aliphatic rings. The van der Waals surface area contributed by atoms with Crippen LogP contribution in [0.15, 0.2) is 12.7 Å². The number of morpholine rings is 1. The van der Waals surface area contributed by atoms with E-state index in [-0.39, 0.29) is 0 Å². The molecule has 0 radical (unpaired) electrons. The summed E-state index contributed by atoms with van der Waals surface area (Å²) >= 11 is 4.85. The van der Waals surface area contributed by atoms with Gasteiger partial charge in [0.1, 0.15) is 0 Å². The molecule has 0 atom stereocenters. The highest BCUT2D eigenvalue weighted by Crippen LogP contribution is 1.98. The van der Waals surface area contributed by atoms with Crippen LogP contribution < -0.4 is 0 Å². The smallest absolute Gasteiger partial charge is 0.183 e. The fraction of sp³-hybridized carbons (Fsp3) is 0.700. The average molecular weight is 215 g/mol. The van der Waals surface area contributed by atoms with E-state index >= 15 is 0 Å². The van der Waals surface area contributed by atoms with Gasteiger partial charge in [0, 0.05) is 19.6 Å². The van der Waals surface area contributed by atoms with Gasteiger partial charge < -0.3 is 9.47 Å². The molecule has 4 heteroatoms. The molecule has 0 aromatic rings. The fourth-order valence-electron chi connectivity index (χ4n) is 1.34. The summed E-state index contributed by atoms with van der Waals surface area (Å²) in [6.45, 7) is 9.05. The first-order valence-corrected chi connectivity index (χ1v) is 5.33. The Bertz CT molecular complexity index is 191. The van der Waals surface area contributed by atoms with Crippen LogP contribution >= 0.6 is 12.2 Å². The van der Waals surface area contributed by atoms with Crippen LogP contribution in [0.2, 0.25) is 0 Å². The molecule has 1 fully saturated rings. The van der Waals surface area contributed by atoms with Crippen LogP contribution in [-0.4, -0.2) is 49.4 Å². The van der Waals surface area contributed by atoms with Crippen molar-refractivity contribution in [3.63, 3.8) is 0 Å². The molecule has 0 aromatic heterocycles. The molecule has 14 heavy (non-hydrogen) atoms. The van der Waals surface area contributed by atoms with Crippen molar-refractivity contribution in [1.82, 2.24) is 4.90 Å². The first-order chi connectivity index (χ1) is 6.83. The van der Waals surface area contributed by atoms with Crippen LogP contribution in [0.5, 0.6) is 0 Å². The zero-order valence-corrected chi connectivity index (χ0v) is 9.22. The summed E-state index contributed by atoms with van der Waals surface area (Å²) in [6.07, 6.45) is 2.57. The summed E-state index contributed by atoms with van der Waals surface area (Å²) in [5.74, 6) is 0. The molecule has 0 N–H and O–H groups in total. The summed E-state index contributed by atoms with van der Waals surface area (Å²) in [4.78, 5) is 2.38. The largest absolute Gasteiger partial charge is 0.483 e. The number of hydrogen-bond donors (Lipinski definition) is 0. The van der Waals surface area contributed by atoms with E-state index < -0.39 is 0 Å². The van der Waals surface area contributed by atoms with Gasteiger partial charge in [-0.25, -0.2) is 0 Å². The van der Waals surface area contributed by atoms with E-state index in [0.717, 1.165) is 39.3 Å². The van der Waals surface area contributed by atoms with E-state index in [9.17, 15) is 0 Å². The molecule has 1 rings (SSSR count). The number of rotatable bonds is 5. The number of thiocarbonyl (C=S) groups is 1. The minimum absolute atomic E-state index is 0.493. The molecular weight excluding hydrogens is 198 g/mol. The Morgan fingerprint density at radius 1 is 1.50 bits per heavy atom. The van der Waals surface area contributed by atoms with Crippen LogP contribution in [0.4, 0.5) is 0 Å². The van der Waals surface area contributed by atoms with Crippen LogP contribution in [0.3, 0.4) is 0 Å². The molecule has 0 aliphatic carbocycles. The van der Waals surface area contributed by atoms with Gasteiger partial charge in [0.25, 0.3) is 0 Å². The van der Waals surface area contributed by atoms with Gasteiger partial charge in [-0.15, -0.1) is 0 Å². The topological polar surface area (TPSA) is 21.7 Å². The monoisotopic (exact) mass is 215 g/mol. The number of nitrogens with zero attached hydrogens (tertiary/aromatic N) is 1. The van der Waals surface area contributed by atoms with Gasteiger partial charge in [-0.3, -0.25) is 4.90 Å². The van der Waals surface area contributed by atoms with Gasteiger partial charge in [-0.1, -0.05) is 6.58 Å². The molecule has 0 amide bonds. The predicted molar refractivity (Wildman–Crippen MR) is 60.6 cm³/mol. The van der Waals surface area contributed by atoms with Gasteiger partial charge in [0.05, 0.1) is 19.8 Å². The average Bonchev–Trinajstić information content (AvgIpc) is 2.25. The van der Waals surface area contributed by atoms with E-state index in [2.05, 4.69) is 11.5 Å². The lowest BCUT2D eigenvalue weighted by Gasteiger charge is -2.26. The van der Waals surface area contributed by atoms with Crippen molar-refractivity contribution in [3.05, 3.63) is 12.7 Å². The molecule has 0 aromatic carbocycles. The van der Waals surface area contributed by atoms with E-state index in [1.54, 1.807) is 6.08 Å². The molecule has 0 unspecified atom stereocenters. The Morgan fingerprint density at radius 3 is 2.86 bits per heavy atom. The molecule has 0 spiro atoms. The van der Waals surface area contributed by atoms with Crippen molar-refractivity contribution < 1.29 is 9.47 Å². The lowest BCUT2D eigenvalue weighted by Crippen LogP contribution is -2.37. The summed E-state index contributed by atoms with van der Waals surface area (Å²) in [6, 6.07) is 0. The SMILES string of the molecule is C=CC(=S)OCCCN1CCOCC1. The second-order valence-corrected chi connectivity index (χ2v) is 3.58. The predicted octanol–water partition coefficient (Wildman–Crippen LogP) is 1.24. The fourth-order valence-corrected chi connectivity index (χ4v) is 1.43. The van der Waals surface area contributed by atoms with Crippen molar-refractivity contribution in [2.24, 2.45) is 0 Å². The molecule has 1 aliphatic heterocycles. The number of hydrogen-bond acceptors (Lipinski definition) is 4. The molecule has 3 nitrogen and oxygen atoms in total. The summed E-state index contributed by atoms with van der Waals surface area (Å²) < 4.78 is 10.5. The van der Waals surface area contributed by atoms with E-state index in [1.165, 1.54) is 0 Å². The first-order valence-electron chi connectivity index (χ1n) is 4.92. The highest BCUT2D eigenvalue weighted by Gasteiger charge is 2.08. The summed E-state index contributed by atoms with van der Waals surface area (Å²) in [7, 11) is 0. The standard InChI is InChI=1S/C10H17NO2S/c1-2-10(14)13-7-3-4-11-5-8-12-9-6-11/h2H,1,3-9H2. The maximum Gasteiger partial charge on any atom is 0.183 e. The van der Waals surface area contributed by atoms with Crippen molar-refractivity contribution >= 4 is 17.3 Å². The molecule has 0 bridgehead atoms. The first kappa shape index (κ1) is 11.6.